The maximum Gasteiger partial charge on any atom is 0.389 e. The Bertz CT molecular complexity index is 551. The molecule has 3 N–H and O–H groups in total. The van der Waals surface area contributed by atoms with Crippen LogP contribution in [0.5, 0.6) is 0 Å². The molecule has 4 nitrogen and oxygen atoms in total. The van der Waals surface area contributed by atoms with E-state index in [2.05, 4.69) is 10.5 Å². The van der Waals surface area contributed by atoms with Crippen molar-refractivity contribution in [3.05, 3.63) is 48.3 Å². The summed E-state index contributed by atoms with van der Waals surface area (Å²) >= 11 is 0. The van der Waals surface area contributed by atoms with E-state index in [-0.39, 0.29) is 12.8 Å². The number of nitrogens with one attached hydrogen (secondary N) is 1. The van der Waals surface area contributed by atoms with Crippen LogP contribution in [0.3, 0.4) is 0 Å². The molecule has 0 spiro atoms. The lowest BCUT2D eigenvalue weighted by atomic mass is 10.1. The average molecular weight is 298 g/mol. The molecular weight excluding hydrogens is 281 g/mol. The van der Waals surface area contributed by atoms with Crippen LogP contribution in [0.15, 0.2) is 42.6 Å². The van der Waals surface area contributed by atoms with Gasteiger partial charge in [-0.2, -0.15) is 18.3 Å². The smallest absolute Gasteiger partial charge is 0.271 e. The number of hydrazine groups is 1. The van der Waals surface area contributed by atoms with Gasteiger partial charge in [-0.05, 0) is 31.0 Å². The summed E-state index contributed by atoms with van der Waals surface area (Å²) in [6.45, 7) is 0. The molecule has 21 heavy (non-hydrogen) atoms. The summed E-state index contributed by atoms with van der Waals surface area (Å²) in [5.74, 6) is 5.42. The van der Waals surface area contributed by atoms with Crippen molar-refractivity contribution < 1.29 is 13.2 Å². The molecule has 0 amide bonds. The molecule has 1 unspecified atom stereocenters. The maximum atomic E-state index is 12.2. The molecule has 0 fully saturated rings. The molecule has 2 aromatic rings. The molecule has 1 atom stereocenters. The summed E-state index contributed by atoms with van der Waals surface area (Å²) in [5.41, 5.74) is 4.04. The first-order valence-corrected chi connectivity index (χ1v) is 6.63. The number of para-hydroxylation sites is 1. The standard InChI is InChI=1S/C14H17F3N4/c15-14(16,17)9-4-7-12(19-18)13-8-10-21(20-13)11-5-2-1-3-6-11/h1-3,5-6,8,10,12,19H,4,7,9,18H2. The third kappa shape index (κ3) is 4.57. The van der Waals surface area contributed by atoms with E-state index in [1.165, 1.54) is 0 Å². The average Bonchev–Trinajstić information content (AvgIpc) is 2.93. The number of nitrogens with zero attached hydrogens (tertiary/aromatic N) is 2. The minimum atomic E-state index is -4.14. The predicted octanol–water partition coefficient (Wildman–Crippen LogP) is 3.11. The Morgan fingerprint density at radius 3 is 2.52 bits per heavy atom. The molecule has 0 aliphatic heterocycles. The van der Waals surface area contributed by atoms with Crippen molar-refractivity contribution >= 4 is 0 Å². The van der Waals surface area contributed by atoms with Crippen molar-refractivity contribution in [2.24, 2.45) is 5.84 Å². The SMILES string of the molecule is NNC(CCCC(F)(F)F)c1ccn(-c2ccccc2)n1. The van der Waals surface area contributed by atoms with E-state index < -0.39 is 18.6 Å². The predicted molar refractivity (Wildman–Crippen MR) is 73.5 cm³/mol. The maximum absolute atomic E-state index is 12.2. The molecule has 1 aromatic heterocycles. The van der Waals surface area contributed by atoms with Gasteiger partial charge in [-0.15, -0.1) is 0 Å². The first-order valence-electron chi connectivity index (χ1n) is 6.63. The summed E-state index contributed by atoms with van der Waals surface area (Å²) in [4.78, 5) is 0. The number of nitrogens with two attached hydrogens (primary N) is 1. The van der Waals surface area contributed by atoms with E-state index in [0.717, 1.165) is 5.69 Å². The zero-order valence-electron chi connectivity index (χ0n) is 11.3. The van der Waals surface area contributed by atoms with Gasteiger partial charge in [0, 0.05) is 12.6 Å². The van der Waals surface area contributed by atoms with Gasteiger partial charge in [-0.25, -0.2) is 4.68 Å². The molecule has 0 bridgehead atoms. The highest BCUT2D eigenvalue weighted by Gasteiger charge is 2.27. The fourth-order valence-electron chi connectivity index (χ4n) is 2.07. The van der Waals surface area contributed by atoms with Crippen LogP contribution < -0.4 is 11.3 Å². The molecule has 0 aliphatic carbocycles. The van der Waals surface area contributed by atoms with Crippen LogP contribution in [0.1, 0.15) is 31.0 Å². The fraction of sp³-hybridized carbons (Fsp3) is 0.357. The zero-order valence-corrected chi connectivity index (χ0v) is 11.3. The lowest BCUT2D eigenvalue weighted by Crippen LogP contribution is -2.28. The monoisotopic (exact) mass is 298 g/mol. The van der Waals surface area contributed by atoms with Gasteiger partial charge in [0.25, 0.3) is 0 Å². The largest absolute Gasteiger partial charge is 0.389 e. The molecule has 114 valence electrons. The fourth-order valence-corrected chi connectivity index (χ4v) is 2.07. The molecule has 7 heteroatoms. The van der Waals surface area contributed by atoms with Crippen molar-refractivity contribution in [1.29, 1.82) is 0 Å². The summed E-state index contributed by atoms with van der Waals surface area (Å²) in [5, 5.41) is 4.36. The van der Waals surface area contributed by atoms with Crippen molar-refractivity contribution in [2.75, 3.05) is 0 Å². The lowest BCUT2D eigenvalue weighted by molar-refractivity contribution is -0.135. The van der Waals surface area contributed by atoms with Crippen molar-refractivity contribution in [2.45, 2.75) is 31.5 Å². The number of benzene rings is 1. The third-order valence-electron chi connectivity index (χ3n) is 3.14. The quantitative estimate of drug-likeness (QED) is 0.636. The zero-order chi connectivity index (χ0) is 15.3. The van der Waals surface area contributed by atoms with Crippen LogP contribution >= 0.6 is 0 Å². The van der Waals surface area contributed by atoms with E-state index in [1.807, 2.05) is 30.3 Å². The van der Waals surface area contributed by atoms with Crippen molar-refractivity contribution in [3.8, 4) is 5.69 Å². The van der Waals surface area contributed by atoms with Gasteiger partial charge in [0.15, 0.2) is 0 Å². The van der Waals surface area contributed by atoms with E-state index in [1.54, 1.807) is 16.9 Å². The summed E-state index contributed by atoms with van der Waals surface area (Å²) in [6.07, 6.45) is -2.90. The molecule has 1 aromatic carbocycles. The first kappa shape index (κ1) is 15.5. The van der Waals surface area contributed by atoms with E-state index in [4.69, 9.17) is 5.84 Å². The van der Waals surface area contributed by atoms with Gasteiger partial charge in [0.05, 0.1) is 17.4 Å². The molecule has 0 saturated heterocycles. The van der Waals surface area contributed by atoms with E-state index >= 15 is 0 Å². The molecule has 0 aliphatic rings. The second-order valence-electron chi connectivity index (χ2n) is 4.75. The van der Waals surface area contributed by atoms with Gasteiger partial charge < -0.3 is 0 Å². The van der Waals surface area contributed by atoms with Crippen molar-refractivity contribution in [3.63, 3.8) is 0 Å². The Labute approximate surface area is 120 Å². The highest BCUT2D eigenvalue weighted by molar-refractivity contribution is 5.30. The Hall–Kier alpha value is -1.86. The second kappa shape index (κ2) is 6.73. The van der Waals surface area contributed by atoms with Crippen LogP contribution in [0.4, 0.5) is 13.2 Å². The molecular formula is C14H17F3N4. The normalized spacial score (nSPS) is 13.3. The number of hydrogen-bond acceptors (Lipinski definition) is 3. The van der Waals surface area contributed by atoms with Gasteiger partial charge in [0.1, 0.15) is 0 Å². The van der Waals surface area contributed by atoms with Gasteiger partial charge >= 0.3 is 6.18 Å². The van der Waals surface area contributed by atoms with E-state index in [0.29, 0.717) is 5.69 Å². The summed E-state index contributed by atoms with van der Waals surface area (Å²) < 4.78 is 38.2. The van der Waals surface area contributed by atoms with Gasteiger partial charge in [-0.3, -0.25) is 11.3 Å². The minimum Gasteiger partial charge on any atom is -0.271 e. The van der Waals surface area contributed by atoms with Gasteiger partial charge in [0.2, 0.25) is 0 Å². The van der Waals surface area contributed by atoms with Gasteiger partial charge in [-0.1, -0.05) is 18.2 Å². The molecule has 0 radical (unpaired) electrons. The third-order valence-corrected chi connectivity index (χ3v) is 3.14. The van der Waals surface area contributed by atoms with Crippen LogP contribution in [0.2, 0.25) is 0 Å². The molecule has 1 heterocycles. The summed E-state index contributed by atoms with van der Waals surface area (Å²) in [7, 11) is 0. The first-order chi connectivity index (χ1) is 9.99. The Kier molecular flexibility index (Phi) is 4.98. The van der Waals surface area contributed by atoms with Crippen LogP contribution in [-0.4, -0.2) is 16.0 Å². The summed E-state index contributed by atoms with van der Waals surface area (Å²) in [6, 6.07) is 10.8. The Morgan fingerprint density at radius 1 is 1.19 bits per heavy atom. The highest BCUT2D eigenvalue weighted by Crippen LogP contribution is 2.25. The van der Waals surface area contributed by atoms with E-state index in [9.17, 15) is 13.2 Å². The van der Waals surface area contributed by atoms with Crippen molar-refractivity contribution in [1.82, 2.24) is 15.2 Å². The number of halogens is 3. The van der Waals surface area contributed by atoms with Crippen LogP contribution in [-0.2, 0) is 0 Å². The molecule has 2 rings (SSSR count). The Morgan fingerprint density at radius 2 is 1.90 bits per heavy atom. The van der Waals surface area contributed by atoms with Crippen LogP contribution in [0, 0.1) is 0 Å². The number of rotatable bonds is 6. The van der Waals surface area contributed by atoms with Crippen LogP contribution in [0.25, 0.3) is 5.69 Å². The highest BCUT2D eigenvalue weighted by atomic mass is 19.4. The minimum absolute atomic E-state index is 0.0105. The lowest BCUT2D eigenvalue weighted by Gasteiger charge is -2.14. The number of alkyl halides is 3. The second-order valence-corrected chi connectivity index (χ2v) is 4.75. The molecule has 0 saturated carbocycles. The number of aromatic nitrogens is 2. The Balaban J connectivity index is 2.01. The number of hydrogen-bond donors (Lipinski definition) is 2. The topological polar surface area (TPSA) is 55.9 Å².